The molecule has 122 valence electrons. The van der Waals surface area contributed by atoms with Gasteiger partial charge in [0.05, 0.1) is 19.8 Å². The van der Waals surface area contributed by atoms with Crippen molar-refractivity contribution < 1.29 is 14.3 Å². The standard InChI is InChI=1S/C16H30N2O3/c1-13(2)11-14(3)17(4)15(19)12-18-7-5-16(6-8-18)20-9-10-21-16/h13-14H,5-12H2,1-4H3/t14-/m1/s1. The van der Waals surface area contributed by atoms with Crippen LogP contribution in [0.1, 0.15) is 40.0 Å². The van der Waals surface area contributed by atoms with Gasteiger partial charge in [-0.25, -0.2) is 0 Å². The van der Waals surface area contributed by atoms with E-state index in [1.807, 2.05) is 11.9 Å². The van der Waals surface area contributed by atoms with E-state index in [4.69, 9.17) is 9.47 Å². The predicted octanol–water partition coefficient (Wildman–Crippen LogP) is 1.72. The van der Waals surface area contributed by atoms with Crippen LogP contribution in [0.3, 0.4) is 0 Å². The molecule has 0 bridgehead atoms. The molecule has 0 radical (unpaired) electrons. The van der Waals surface area contributed by atoms with E-state index >= 15 is 0 Å². The zero-order valence-corrected chi connectivity index (χ0v) is 13.9. The summed E-state index contributed by atoms with van der Waals surface area (Å²) in [5.74, 6) is 0.477. The van der Waals surface area contributed by atoms with Crippen molar-refractivity contribution in [2.24, 2.45) is 5.92 Å². The third kappa shape index (κ3) is 4.41. The summed E-state index contributed by atoms with van der Waals surface area (Å²) in [6.45, 7) is 10.2. The van der Waals surface area contributed by atoms with Crippen molar-refractivity contribution in [1.82, 2.24) is 9.80 Å². The van der Waals surface area contributed by atoms with Gasteiger partial charge in [0, 0.05) is 39.0 Å². The average Bonchev–Trinajstić information content (AvgIpc) is 2.88. The summed E-state index contributed by atoms with van der Waals surface area (Å²) < 4.78 is 11.4. The molecule has 2 saturated heterocycles. The smallest absolute Gasteiger partial charge is 0.236 e. The van der Waals surface area contributed by atoms with Gasteiger partial charge in [-0.3, -0.25) is 9.69 Å². The number of ether oxygens (including phenoxy) is 2. The summed E-state index contributed by atoms with van der Waals surface area (Å²) in [6, 6.07) is 0.301. The third-order valence-electron chi connectivity index (χ3n) is 4.66. The Morgan fingerprint density at radius 3 is 2.29 bits per heavy atom. The van der Waals surface area contributed by atoms with Crippen molar-refractivity contribution in [3.8, 4) is 0 Å². The summed E-state index contributed by atoms with van der Waals surface area (Å²) in [5.41, 5.74) is 0. The van der Waals surface area contributed by atoms with Crippen molar-refractivity contribution in [2.75, 3.05) is 39.9 Å². The summed E-state index contributed by atoms with van der Waals surface area (Å²) >= 11 is 0. The fourth-order valence-corrected chi connectivity index (χ4v) is 3.23. The van der Waals surface area contributed by atoms with Crippen LogP contribution in [-0.2, 0) is 14.3 Å². The molecule has 2 aliphatic rings. The highest BCUT2D eigenvalue weighted by atomic mass is 16.7. The number of rotatable bonds is 5. The second-order valence-electron chi connectivity index (χ2n) is 6.87. The number of likely N-dealkylation sites (tertiary alicyclic amines) is 1. The van der Waals surface area contributed by atoms with Crippen molar-refractivity contribution in [3.05, 3.63) is 0 Å². The predicted molar refractivity (Wildman–Crippen MR) is 82.0 cm³/mol. The first kappa shape index (κ1) is 16.7. The molecule has 0 unspecified atom stereocenters. The zero-order valence-electron chi connectivity index (χ0n) is 13.9. The number of carbonyl (C=O) groups is 1. The molecule has 0 aliphatic carbocycles. The normalized spacial score (nSPS) is 23.7. The third-order valence-corrected chi connectivity index (χ3v) is 4.66. The van der Waals surface area contributed by atoms with Gasteiger partial charge < -0.3 is 14.4 Å². The number of hydrogen-bond donors (Lipinski definition) is 0. The van der Waals surface area contributed by atoms with Crippen LogP contribution in [0.25, 0.3) is 0 Å². The van der Waals surface area contributed by atoms with Crippen LogP contribution in [-0.4, -0.2) is 67.4 Å². The quantitative estimate of drug-likeness (QED) is 0.775. The summed E-state index contributed by atoms with van der Waals surface area (Å²) in [5, 5.41) is 0. The largest absolute Gasteiger partial charge is 0.347 e. The lowest BCUT2D eigenvalue weighted by Crippen LogP contribution is -2.49. The molecule has 5 heteroatoms. The van der Waals surface area contributed by atoms with Gasteiger partial charge in [-0.15, -0.1) is 0 Å². The molecule has 1 amide bonds. The van der Waals surface area contributed by atoms with Gasteiger partial charge in [0.15, 0.2) is 5.79 Å². The summed E-state index contributed by atoms with van der Waals surface area (Å²) in [4.78, 5) is 16.5. The maximum absolute atomic E-state index is 12.4. The molecule has 1 atom stereocenters. The van der Waals surface area contributed by atoms with Gasteiger partial charge in [0.25, 0.3) is 0 Å². The van der Waals surface area contributed by atoms with Crippen LogP contribution < -0.4 is 0 Å². The number of amides is 1. The molecular formula is C16H30N2O3. The topological polar surface area (TPSA) is 42.0 Å². The van der Waals surface area contributed by atoms with Crippen molar-refractivity contribution in [1.29, 1.82) is 0 Å². The highest BCUT2D eigenvalue weighted by Gasteiger charge is 2.40. The number of hydrogen-bond acceptors (Lipinski definition) is 4. The van der Waals surface area contributed by atoms with Crippen LogP contribution in [0.15, 0.2) is 0 Å². The SMILES string of the molecule is CC(C)C[C@@H](C)N(C)C(=O)CN1CCC2(CC1)OCCO2. The molecule has 0 aromatic rings. The van der Waals surface area contributed by atoms with Gasteiger partial charge in [-0.1, -0.05) is 13.8 Å². The second-order valence-corrected chi connectivity index (χ2v) is 6.87. The average molecular weight is 298 g/mol. The molecule has 2 aliphatic heterocycles. The first-order valence-corrected chi connectivity index (χ1v) is 8.18. The van der Waals surface area contributed by atoms with E-state index in [2.05, 4.69) is 25.7 Å². The Kier molecular flexibility index (Phi) is 5.63. The maximum atomic E-state index is 12.4. The minimum absolute atomic E-state index is 0.215. The second kappa shape index (κ2) is 7.07. The zero-order chi connectivity index (χ0) is 15.5. The molecule has 0 aromatic carbocycles. The number of nitrogens with zero attached hydrogens (tertiary/aromatic N) is 2. The first-order chi connectivity index (χ1) is 9.92. The molecular weight excluding hydrogens is 268 g/mol. The Morgan fingerprint density at radius 2 is 1.76 bits per heavy atom. The Morgan fingerprint density at radius 1 is 1.19 bits per heavy atom. The Labute approximate surface area is 128 Å². The van der Waals surface area contributed by atoms with Crippen molar-refractivity contribution >= 4 is 5.91 Å². The lowest BCUT2D eigenvalue weighted by atomic mass is 10.0. The van der Waals surface area contributed by atoms with Gasteiger partial charge >= 0.3 is 0 Å². The molecule has 2 fully saturated rings. The number of piperidine rings is 1. The summed E-state index contributed by atoms with van der Waals surface area (Å²) in [7, 11) is 1.92. The van der Waals surface area contributed by atoms with Crippen molar-refractivity contribution in [2.45, 2.75) is 51.9 Å². The molecule has 2 heterocycles. The Balaban J connectivity index is 1.76. The Bertz CT molecular complexity index is 343. The lowest BCUT2D eigenvalue weighted by Gasteiger charge is -2.38. The van der Waals surface area contributed by atoms with E-state index in [1.54, 1.807) is 0 Å². The molecule has 0 saturated carbocycles. The van der Waals surface area contributed by atoms with E-state index in [1.165, 1.54) is 0 Å². The minimum atomic E-state index is -0.351. The first-order valence-electron chi connectivity index (χ1n) is 8.18. The van der Waals surface area contributed by atoms with Gasteiger partial charge in [0.1, 0.15) is 0 Å². The molecule has 5 nitrogen and oxygen atoms in total. The Hall–Kier alpha value is -0.650. The van der Waals surface area contributed by atoms with Crippen LogP contribution in [0.5, 0.6) is 0 Å². The van der Waals surface area contributed by atoms with E-state index in [9.17, 15) is 4.79 Å². The highest BCUT2D eigenvalue weighted by Crippen LogP contribution is 2.31. The van der Waals surface area contributed by atoms with E-state index in [0.29, 0.717) is 31.7 Å². The number of likely N-dealkylation sites (N-methyl/N-ethyl adjacent to an activating group) is 1. The minimum Gasteiger partial charge on any atom is -0.347 e. The lowest BCUT2D eigenvalue weighted by molar-refractivity contribution is -0.186. The molecule has 0 aromatic heterocycles. The fourth-order valence-electron chi connectivity index (χ4n) is 3.23. The summed E-state index contributed by atoms with van der Waals surface area (Å²) in [6.07, 6.45) is 2.78. The van der Waals surface area contributed by atoms with Gasteiger partial charge in [-0.05, 0) is 19.3 Å². The van der Waals surface area contributed by atoms with E-state index < -0.39 is 0 Å². The highest BCUT2D eigenvalue weighted by molar-refractivity contribution is 5.78. The molecule has 1 spiro atoms. The van der Waals surface area contributed by atoms with Crippen LogP contribution in [0.4, 0.5) is 0 Å². The number of carbonyl (C=O) groups excluding carboxylic acids is 1. The van der Waals surface area contributed by atoms with E-state index in [-0.39, 0.29) is 11.7 Å². The molecule has 2 rings (SSSR count). The van der Waals surface area contributed by atoms with Crippen LogP contribution in [0, 0.1) is 5.92 Å². The van der Waals surface area contributed by atoms with E-state index in [0.717, 1.165) is 32.4 Å². The van der Waals surface area contributed by atoms with Crippen LogP contribution in [0.2, 0.25) is 0 Å². The van der Waals surface area contributed by atoms with Gasteiger partial charge in [0.2, 0.25) is 5.91 Å². The monoisotopic (exact) mass is 298 g/mol. The van der Waals surface area contributed by atoms with Crippen molar-refractivity contribution in [3.63, 3.8) is 0 Å². The fraction of sp³-hybridized carbons (Fsp3) is 0.938. The maximum Gasteiger partial charge on any atom is 0.236 e. The van der Waals surface area contributed by atoms with Gasteiger partial charge in [-0.2, -0.15) is 0 Å². The molecule has 21 heavy (non-hydrogen) atoms. The van der Waals surface area contributed by atoms with Crippen LogP contribution >= 0.6 is 0 Å². The molecule has 0 N–H and O–H groups in total.